The number of hydrogen-bond acceptors (Lipinski definition) is 5. The maximum absolute atomic E-state index is 13.3. The van der Waals surface area contributed by atoms with Crippen molar-refractivity contribution in [2.45, 2.75) is 38.5 Å². The summed E-state index contributed by atoms with van der Waals surface area (Å²) in [5, 5.41) is 12.0. The fraction of sp³-hybridized carbons (Fsp3) is 0.444. The largest absolute Gasteiger partial charge is 0.491 e. The van der Waals surface area contributed by atoms with E-state index in [4.69, 9.17) is 14.6 Å². The molecular formula is C27H32N2O6. The molecule has 8 nitrogen and oxygen atoms in total. The molecular weight excluding hydrogens is 448 g/mol. The quantitative estimate of drug-likeness (QED) is 0.696. The van der Waals surface area contributed by atoms with Crippen molar-refractivity contribution >= 4 is 17.8 Å². The maximum Gasteiger partial charge on any atom is 0.341 e. The second kappa shape index (κ2) is 11.3. The van der Waals surface area contributed by atoms with Crippen molar-refractivity contribution in [2.75, 3.05) is 32.8 Å². The van der Waals surface area contributed by atoms with Crippen LogP contribution in [0.1, 0.15) is 48.0 Å². The molecule has 0 bridgehead atoms. The van der Waals surface area contributed by atoms with E-state index in [0.29, 0.717) is 44.6 Å². The first-order valence-electron chi connectivity index (χ1n) is 12.2. The molecule has 0 radical (unpaired) electrons. The van der Waals surface area contributed by atoms with Gasteiger partial charge >= 0.3 is 5.97 Å². The van der Waals surface area contributed by atoms with E-state index in [2.05, 4.69) is 11.4 Å². The number of aliphatic carboxylic acids is 1. The Balaban J connectivity index is 1.42. The number of amides is 2. The number of rotatable bonds is 4. The zero-order valence-electron chi connectivity index (χ0n) is 19.8. The van der Waals surface area contributed by atoms with Gasteiger partial charge in [-0.3, -0.25) is 9.59 Å². The number of benzene rings is 2. The third-order valence-electron chi connectivity index (χ3n) is 6.93. The van der Waals surface area contributed by atoms with Crippen molar-refractivity contribution in [1.82, 2.24) is 10.2 Å². The lowest BCUT2D eigenvalue weighted by atomic mass is 9.73. The van der Waals surface area contributed by atoms with Gasteiger partial charge in [0.25, 0.3) is 5.91 Å². The highest BCUT2D eigenvalue weighted by molar-refractivity contribution is 5.97. The van der Waals surface area contributed by atoms with Gasteiger partial charge in [-0.25, -0.2) is 4.79 Å². The van der Waals surface area contributed by atoms with Gasteiger partial charge in [0.15, 0.2) is 6.61 Å². The Morgan fingerprint density at radius 2 is 1.77 bits per heavy atom. The molecule has 2 aliphatic rings. The van der Waals surface area contributed by atoms with Crippen LogP contribution in [0.25, 0.3) is 0 Å². The number of aryl methyl sites for hydroxylation is 1. The van der Waals surface area contributed by atoms with Gasteiger partial charge < -0.3 is 24.8 Å². The van der Waals surface area contributed by atoms with E-state index < -0.39 is 18.0 Å². The second-order valence-corrected chi connectivity index (χ2v) is 9.17. The van der Waals surface area contributed by atoms with Crippen molar-refractivity contribution in [1.29, 1.82) is 0 Å². The van der Waals surface area contributed by atoms with Crippen LogP contribution in [0.4, 0.5) is 0 Å². The lowest BCUT2D eigenvalue weighted by molar-refractivity contribution is -0.139. The van der Waals surface area contributed by atoms with Crippen molar-refractivity contribution in [3.63, 3.8) is 0 Å². The lowest BCUT2D eigenvalue weighted by Crippen LogP contribution is -2.50. The third-order valence-corrected chi connectivity index (χ3v) is 6.93. The van der Waals surface area contributed by atoms with Gasteiger partial charge in [0, 0.05) is 13.1 Å². The van der Waals surface area contributed by atoms with Gasteiger partial charge in [0.1, 0.15) is 18.1 Å². The molecule has 0 saturated carbocycles. The number of ether oxygens (including phenoxy) is 2. The minimum Gasteiger partial charge on any atom is -0.491 e. The van der Waals surface area contributed by atoms with Gasteiger partial charge in [-0.2, -0.15) is 0 Å². The molecule has 2 amide bonds. The number of nitrogens with zero attached hydrogens (tertiary/aromatic N) is 1. The predicted molar refractivity (Wildman–Crippen MR) is 130 cm³/mol. The van der Waals surface area contributed by atoms with Gasteiger partial charge in [-0.05, 0) is 55.9 Å². The fourth-order valence-electron chi connectivity index (χ4n) is 4.95. The molecule has 1 spiro atoms. The first kappa shape index (κ1) is 24.6. The van der Waals surface area contributed by atoms with Crippen LogP contribution >= 0.6 is 0 Å². The fourth-order valence-corrected chi connectivity index (χ4v) is 4.95. The number of carboxylic acid groups (broad SMARTS) is 1. The summed E-state index contributed by atoms with van der Waals surface area (Å²) in [6.07, 6.45) is 4.74. The summed E-state index contributed by atoms with van der Waals surface area (Å²) in [6.45, 7) is 1.25. The molecule has 2 N–H and O–H groups in total. The van der Waals surface area contributed by atoms with Crippen molar-refractivity contribution < 1.29 is 29.0 Å². The summed E-state index contributed by atoms with van der Waals surface area (Å²) < 4.78 is 11.2. The number of likely N-dealkylation sites (tertiary alicyclic amines) is 1. The smallest absolute Gasteiger partial charge is 0.341 e. The minimum absolute atomic E-state index is 0.0345. The molecule has 2 aromatic carbocycles. The maximum atomic E-state index is 13.3. The molecule has 1 fully saturated rings. The highest BCUT2D eigenvalue weighted by atomic mass is 16.5. The Labute approximate surface area is 205 Å². The highest BCUT2D eigenvalue weighted by Gasteiger charge is 2.42. The highest BCUT2D eigenvalue weighted by Crippen LogP contribution is 2.38. The van der Waals surface area contributed by atoms with Gasteiger partial charge in [0.2, 0.25) is 5.91 Å². The summed E-state index contributed by atoms with van der Waals surface area (Å²) in [6, 6.07) is 14.7. The number of carbonyl (C=O) groups excluding carboxylic acids is 2. The van der Waals surface area contributed by atoms with Gasteiger partial charge in [-0.15, -0.1) is 0 Å². The SMILES string of the molecule is O=C(O)COc1ccccc1C(=O)N1CCC2(CCCCc3ccccc3OCCNC2=O)CC1. The topological polar surface area (TPSA) is 105 Å². The Kier molecular flexibility index (Phi) is 7.90. The molecule has 2 heterocycles. The number of carbonyl (C=O) groups is 3. The van der Waals surface area contributed by atoms with Crippen LogP contribution in [0.15, 0.2) is 48.5 Å². The van der Waals surface area contributed by atoms with Crippen molar-refractivity contribution in [2.24, 2.45) is 5.41 Å². The molecule has 35 heavy (non-hydrogen) atoms. The number of nitrogens with one attached hydrogen (secondary N) is 1. The first-order chi connectivity index (χ1) is 17.0. The zero-order chi connectivity index (χ0) is 24.7. The summed E-state index contributed by atoms with van der Waals surface area (Å²) >= 11 is 0. The standard InChI is InChI=1S/C27H32N2O6/c30-24(31)19-35-23-11-4-2-9-21(23)25(32)29-16-13-27(14-17-29)12-6-5-8-20-7-1-3-10-22(20)34-18-15-28-26(27)33/h1-4,7,9-11H,5-6,8,12-19H2,(H,28,33)(H,30,31). The van der Waals surface area contributed by atoms with Crippen LogP contribution in [-0.2, 0) is 16.0 Å². The molecule has 0 aliphatic carbocycles. The normalized spacial score (nSPS) is 18.3. The van der Waals surface area contributed by atoms with Crippen molar-refractivity contribution in [3.05, 3.63) is 59.7 Å². The lowest BCUT2D eigenvalue weighted by Gasteiger charge is -2.41. The summed E-state index contributed by atoms with van der Waals surface area (Å²) in [5.74, 6) is -0.137. The van der Waals surface area contributed by atoms with E-state index in [-0.39, 0.29) is 17.6 Å². The molecule has 0 unspecified atom stereocenters. The second-order valence-electron chi connectivity index (χ2n) is 9.17. The number of hydrogen-bond donors (Lipinski definition) is 2. The number of fused-ring (bicyclic) bond motifs is 1. The van der Waals surface area contributed by atoms with E-state index >= 15 is 0 Å². The average molecular weight is 481 g/mol. The van der Waals surface area contributed by atoms with Crippen LogP contribution in [0, 0.1) is 5.41 Å². The summed E-state index contributed by atoms with van der Waals surface area (Å²) in [4.78, 5) is 39.1. The molecule has 2 aromatic rings. The van der Waals surface area contributed by atoms with Crippen LogP contribution < -0.4 is 14.8 Å². The zero-order valence-corrected chi connectivity index (χ0v) is 19.8. The van der Waals surface area contributed by atoms with Crippen LogP contribution in [0.2, 0.25) is 0 Å². The van der Waals surface area contributed by atoms with Crippen LogP contribution in [0.5, 0.6) is 11.5 Å². The van der Waals surface area contributed by atoms with E-state index in [0.717, 1.165) is 31.4 Å². The van der Waals surface area contributed by atoms with Gasteiger partial charge in [0.05, 0.1) is 17.5 Å². The molecule has 1 saturated heterocycles. The summed E-state index contributed by atoms with van der Waals surface area (Å²) in [7, 11) is 0. The minimum atomic E-state index is -1.10. The Morgan fingerprint density at radius 3 is 2.57 bits per heavy atom. The predicted octanol–water partition coefficient (Wildman–Crippen LogP) is 3.29. The first-order valence-corrected chi connectivity index (χ1v) is 12.2. The molecule has 8 heteroatoms. The van der Waals surface area contributed by atoms with E-state index in [1.54, 1.807) is 29.2 Å². The average Bonchev–Trinajstić information content (AvgIpc) is 2.88. The van der Waals surface area contributed by atoms with Crippen LogP contribution in [0.3, 0.4) is 0 Å². The third kappa shape index (κ3) is 5.93. The van der Waals surface area contributed by atoms with Gasteiger partial charge in [-0.1, -0.05) is 36.8 Å². The summed E-state index contributed by atoms with van der Waals surface area (Å²) in [5.41, 5.74) is 1.02. The number of piperidine rings is 1. The Hall–Kier alpha value is -3.55. The molecule has 186 valence electrons. The van der Waals surface area contributed by atoms with Crippen molar-refractivity contribution in [3.8, 4) is 11.5 Å². The number of para-hydroxylation sites is 2. The van der Waals surface area contributed by atoms with E-state index in [1.807, 2.05) is 18.2 Å². The van der Waals surface area contributed by atoms with E-state index in [9.17, 15) is 14.4 Å². The molecule has 2 aliphatic heterocycles. The Bertz CT molecular complexity index is 1060. The molecule has 0 aromatic heterocycles. The van der Waals surface area contributed by atoms with E-state index in [1.165, 1.54) is 5.56 Å². The number of carboxylic acids is 1. The monoisotopic (exact) mass is 480 g/mol. The molecule has 4 rings (SSSR count). The Morgan fingerprint density at radius 1 is 1.03 bits per heavy atom. The molecule has 0 atom stereocenters. The van der Waals surface area contributed by atoms with Crippen LogP contribution in [-0.4, -0.2) is 60.6 Å².